The van der Waals surface area contributed by atoms with E-state index in [4.69, 9.17) is 5.11 Å². The van der Waals surface area contributed by atoms with Crippen molar-refractivity contribution in [2.75, 3.05) is 0 Å². The number of nitrogens with one attached hydrogen (secondary N) is 1. The Morgan fingerprint density at radius 1 is 1.67 bits per heavy atom. The molecule has 2 N–H and O–H groups in total. The van der Waals surface area contributed by atoms with Crippen molar-refractivity contribution < 1.29 is 14.7 Å². The Labute approximate surface area is 102 Å². The second-order valence-electron chi connectivity index (χ2n) is 2.49. The summed E-state index contributed by atoms with van der Waals surface area (Å²) in [7, 11) is 0. The van der Waals surface area contributed by atoms with Crippen LogP contribution in [0.1, 0.15) is 20.3 Å². The van der Waals surface area contributed by atoms with Crippen molar-refractivity contribution in [2.24, 2.45) is 5.92 Å². The SMILES string of the molecule is CC[C@H](C)[C@H](NC=O)C(=O)O.[CaH2]. The number of hydrogen-bond donors (Lipinski definition) is 2. The van der Waals surface area contributed by atoms with Gasteiger partial charge in [0, 0.05) is 0 Å². The van der Waals surface area contributed by atoms with Gasteiger partial charge in [-0.1, -0.05) is 20.3 Å². The van der Waals surface area contributed by atoms with Crippen LogP contribution in [0.15, 0.2) is 0 Å². The monoisotopic (exact) mass is 201 g/mol. The van der Waals surface area contributed by atoms with Crippen LogP contribution in [0.3, 0.4) is 0 Å². The third kappa shape index (κ3) is 4.95. The first kappa shape index (κ1) is 14.7. The van der Waals surface area contributed by atoms with E-state index in [1.54, 1.807) is 6.92 Å². The zero-order valence-electron chi connectivity index (χ0n) is 6.70. The van der Waals surface area contributed by atoms with Crippen molar-refractivity contribution in [2.45, 2.75) is 26.3 Å². The van der Waals surface area contributed by atoms with Crippen molar-refractivity contribution in [3.63, 3.8) is 0 Å². The van der Waals surface area contributed by atoms with Gasteiger partial charge in [-0.25, -0.2) is 4.79 Å². The van der Waals surface area contributed by atoms with Gasteiger partial charge >= 0.3 is 43.7 Å². The Kier molecular flexibility index (Phi) is 9.60. The standard InChI is InChI=1S/C7H13NO3.Ca.2H/c1-3-5(2)6(7(10)11)8-4-9;;;/h4-6H,3H2,1-2H3,(H,8,9)(H,10,11);;;/t5-,6-;;;/m0.../s1. The first-order valence-corrected chi connectivity index (χ1v) is 3.56. The van der Waals surface area contributed by atoms with Crippen LogP contribution < -0.4 is 5.32 Å². The Morgan fingerprint density at radius 2 is 2.17 bits per heavy atom. The molecule has 0 saturated carbocycles. The fourth-order valence-electron chi connectivity index (χ4n) is 0.788. The number of aliphatic carboxylic acids is 1. The Bertz CT molecular complexity index is 152. The average Bonchev–Trinajstić information content (AvgIpc) is 1.98. The van der Waals surface area contributed by atoms with E-state index in [2.05, 4.69) is 5.32 Å². The van der Waals surface area contributed by atoms with Gasteiger partial charge in [0.2, 0.25) is 6.41 Å². The molecule has 0 aromatic heterocycles. The molecular weight excluding hydrogens is 186 g/mol. The summed E-state index contributed by atoms with van der Waals surface area (Å²) >= 11 is 0. The number of carboxylic acids is 1. The van der Waals surface area contributed by atoms with Gasteiger partial charge in [0.05, 0.1) is 0 Å². The molecule has 0 heterocycles. The van der Waals surface area contributed by atoms with Crippen LogP contribution in [0, 0.1) is 5.92 Å². The van der Waals surface area contributed by atoms with Crippen molar-refractivity contribution in [1.29, 1.82) is 0 Å². The summed E-state index contributed by atoms with van der Waals surface area (Å²) in [6, 6.07) is -0.752. The molecule has 4 nitrogen and oxygen atoms in total. The summed E-state index contributed by atoms with van der Waals surface area (Å²) in [5.41, 5.74) is 0. The minimum absolute atomic E-state index is 0. The molecule has 12 heavy (non-hydrogen) atoms. The number of carbonyl (C=O) groups is 2. The summed E-state index contributed by atoms with van der Waals surface area (Å²) in [5.74, 6) is -1.01. The summed E-state index contributed by atoms with van der Waals surface area (Å²) in [6.07, 6.45) is 1.16. The van der Waals surface area contributed by atoms with Crippen LogP contribution in [0.4, 0.5) is 0 Å². The summed E-state index contributed by atoms with van der Waals surface area (Å²) in [6.45, 7) is 3.67. The topological polar surface area (TPSA) is 66.4 Å². The van der Waals surface area contributed by atoms with Crippen LogP contribution in [0.2, 0.25) is 0 Å². The van der Waals surface area contributed by atoms with Crippen LogP contribution >= 0.6 is 0 Å². The number of carbonyl (C=O) groups excluding carboxylic acids is 1. The van der Waals surface area contributed by atoms with Gasteiger partial charge in [0.15, 0.2) is 0 Å². The van der Waals surface area contributed by atoms with Gasteiger partial charge in [-0.3, -0.25) is 4.79 Å². The van der Waals surface area contributed by atoms with E-state index in [1.165, 1.54) is 0 Å². The first-order valence-electron chi connectivity index (χ1n) is 3.56. The molecule has 0 saturated heterocycles. The van der Waals surface area contributed by atoms with E-state index in [9.17, 15) is 9.59 Å². The maximum absolute atomic E-state index is 10.5. The van der Waals surface area contributed by atoms with E-state index in [0.29, 0.717) is 6.41 Å². The number of hydrogen-bond acceptors (Lipinski definition) is 2. The van der Waals surface area contributed by atoms with Gasteiger partial charge in [-0.05, 0) is 5.92 Å². The van der Waals surface area contributed by atoms with Gasteiger partial charge < -0.3 is 10.4 Å². The maximum atomic E-state index is 10.5. The average molecular weight is 201 g/mol. The molecule has 1 amide bonds. The van der Waals surface area contributed by atoms with E-state index >= 15 is 0 Å². The van der Waals surface area contributed by atoms with Gasteiger partial charge in [0.25, 0.3) is 0 Å². The fourth-order valence-corrected chi connectivity index (χ4v) is 0.788. The number of rotatable bonds is 5. The molecule has 0 spiro atoms. The molecule has 0 aliphatic heterocycles. The minimum atomic E-state index is -0.980. The zero-order valence-corrected chi connectivity index (χ0v) is 6.70. The molecule has 0 rings (SSSR count). The molecular formula is C7H15CaNO3. The van der Waals surface area contributed by atoms with Crippen LogP contribution in [0.5, 0.6) is 0 Å². The Morgan fingerprint density at radius 3 is 2.42 bits per heavy atom. The normalized spacial score (nSPS) is 13.8. The molecule has 68 valence electrons. The molecule has 2 atom stereocenters. The summed E-state index contributed by atoms with van der Waals surface area (Å²) < 4.78 is 0. The first-order chi connectivity index (χ1) is 5.13. The fraction of sp³-hybridized carbons (Fsp3) is 0.714. The predicted molar refractivity (Wildman–Crippen MR) is 48.6 cm³/mol. The van der Waals surface area contributed by atoms with Crippen LogP contribution in [-0.4, -0.2) is 61.3 Å². The zero-order chi connectivity index (χ0) is 8.85. The molecule has 0 unspecified atom stereocenters. The number of amides is 1. The van der Waals surface area contributed by atoms with Crippen LogP contribution in [-0.2, 0) is 9.59 Å². The second-order valence-corrected chi connectivity index (χ2v) is 2.49. The molecule has 0 bridgehead atoms. The molecule has 0 radical (unpaired) electrons. The Hall–Kier alpha value is 0.200. The predicted octanol–water partition coefficient (Wildman–Crippen LogP) is -0.685. The van der Waals surface area contributed by atoms with E-state index in [1.807, 2.05) is 6.92 Å². The molecule has 5 heteroatoms. The third-order valence-electron chi connectivity index (χ3n) is 1.73. The van der Waals surface area contributed by atoms with E-state index < -0.39 is 12.0 Å². The van der Waals surface area contributed by atoms with Crippen molar-refractivity contribution in [3.05, 3.63) is 0 Å². The van der Waals surface area contributed by atoms with Gasteiger partial charge in [-0.15, -0.1) is 0 Å². The molecule has 0 aliphatic rings. The number of carboxylic acid groups (broad SMARTS) is 1. The van der Waals surface area contributed by atoms with Crippen LogP contribution in [0.25, 0.3) is 0 Å². The van der Waals surface area contributed by atoms with E-state index in [-0.39, 0.29) is 43.7 Å². The van der Waals surface area contributed by atoms with Crippen molar-refractivity contribution >= 4 is 50.1 Å². The summed E-state index contributed by atoms with van der Waals surface area (Å²) in [4.78, 5) is 20.4. The second kappa shape index (κ2) is 7.83. The molecule has 0 aromatic carbocycles. The molecule has 0 aliphatic carbocycles. The Balaban J connectivity index is 0. The van der Waals surface area contributed by atoms with E-state index in [0.717, 1.165) is 6.42 Å². The quantitative estimate of drug-likeness (QED) is 0.457. The third-order valence-corrected chi connectivity index (χ3v) is 1.73. The van der Waals surface area contributed by atoms with Crippen molar-refractivity contribution in [1.82, 2.24) is 5.32 Å². The van der Waals surface area contributed by atoms with Gasteiger partial charge in [-0.2, -0.15) is 0 Å². The molecule has 0 fully saturated rings. The molecule has 0 aromatic rings. The van der Waals surface area contributed by atoms with Gasteiger partial charge in [0.1, 0.15) is 6.04 Å². The summed E-state index contributed by atoms with van der Waals surface area (Å²) in [5, 5.41) is 10.8. The van der Waals surface area contributed by atoms with Crippen molar-refractivity contribution in [3.8, 4) is 0 Å².